The van der Waals surface area contributed by atoms with Gasteiger partial charge >= 0.3 is 0 Å². The molecule has 1 atom stereocenters. The first kappa shape index (κ1) is 16.2. The fraction of sp³-hybridized carbons (Fsp3) is 0.647. The van der Waals surface area contributed by atoms with Crippen LogP contribution in [0.3, 0.4) is 0 Å². The lowest BCUT2D eigenvalue weighted by Crippen LogP contribution is -2.25. The second kappa shape index (κ2) is 9.99. The number of ether oxygens (including phenoxy) is 1. The molecule has 1 aromatic carbocycles. The molecule has 108 valence electrons. The lowest BCUT2D eigenvalue weighted by atomic mass is 9.93. The van der Waals surface area contributed by atoms with Crippen LogP contribution < -0.4 is 5.32 Å². The van der Waals surface area contributed by atoms with Crippen LogP contribution in [0.5, 0.6) is 0 Å². The summed E-state index contributed by atoms with van der Waals surface area (Å²) in [7, 11) is 1.78. The van der Waals surface area contributed by atoms with Gasteiger partial charge in [-0.3, -0.25) is 0 Å². The van der Waals surface area contributed by atoms with Crippen LogP contribution >= 0.6 is 0 Å². The SMILES string of the molecule is COCCCCC(CNCC(C)C)c1ccccc1. The van der Waals surface area contributed by atoms with E-state index in [0.717, 1.165) is 26.1 Å². The quantitative estimate of drug-likeness (QED) is 0.648. The average molecular weight is 263 g/mol. The lowest BCUT2D eigenvalue weighted by Gasteiger charge is -2.19. The van der Waals surface area contributed by atoms with Crippen molar-refractivity contribution in [3.05, 3.63) is 35.9 Å². The third kappa shape index (κ3) is 7.34. The van der Waals surface area contributed by atoms with Gasteiger partial charge in [0.05, 0.1) is 0 Å². The van der Waals surface area contributed by atoms with Crippen LogP contribution in [-0.2, 0) is 4.74 Å². The Hall–Kier alpha value is -0.860. The van der Waals surface area contributed by atoms with Crippen LogP contribution in [-0.4, -0.2) is 26.8 Å². The van der Waals surface area contributed by atoms with Crippen molar-refractivity contribution in [3.63, 3.8) is 0 Å². The number of nitrogens with one attached hydrogen (secondary N) is 1. The van der Waals surface area contributed by atoms with Crippen molar-refractivity contribution in [3.8, 4) is 0 Å². The average Bonchev–Trinajstić information content (AvgIpc) is 2.42. The molecule has 1 N–H and O–H groups in total. The summed E-state index contributed by atoms with van der Waals surface area (Å²) < 4.78 is 5.13. The summed E-state index contributed by atoms with van der Waals surface area (Å²) in [5.41, 5.74) is 1.45. The Morgan fingerprint density at radius 2 is 1.79 bits per heavy atom. The van der Waals surface area contributed by atoms with Gasteiger partial charge in [0.1, 0.15) is 0 Å². The van der Waals surface area contributed by atoms with E-state index >= 15 is 0 Å². The number of unbranched alkanes of at least 4 members (excludes halogenated alkanes) is 1. The van der Waals surface area contributed by atoms with Crippen LogP contribution in [0.25, 0.3) is 0 Å². The summed E-state index contributed by atoms with van der Waals surface area (Å²) in [4.78, 5) is 0. The highest BCUT2D eigenvalue weighted by Gasteiger charge is 2.10. The molecule has 0 amide bonds. The first-order chi connectivity index (χ1) is 9.24. The van der Waals surface area contributed by atoms with Crippen molar-refractivity contribution in [1.82, 2.24) is 5.32 Å². The molecule has 0 aromatic heterocycles. The maximum Gasteiger partial charge on any atom is 0.0462 e. The molecule has 0 fully saturated rings. The van der Waals surface area contributed by atoms with Crippen molar-refractivity contribution in [2.45, 2.75) is 39.0 Å². The predicted molar refractivity (Wildman–Crippen MR) is 82.6 cm³/mol. The largest absolute Gasteiger partial charge is 0.385 e. The summed E-state index contributed by atoms with van der Waals surface area (Å²) in [5.74, 6) is 1.33. The first-order valence-corrected chi connectivity index (χ1v) is 7.48. The van der Waals surface area contributed by atoms with Crippen LogP contribution in [0, 0.1) is 5.92 Å². The molecule has 0 bridgehead atoms. The zero-order chi connectivity index (χ0) is 13.9. The molecule has 0 saturated heterocycles. The van der Waals surface area contributed by atoms with Crippen molar-refractivity contribution < 1.29 is 4.74 Å². The molecule has 19 heavy (non-hydrogen) atoms. The normalized spacial score (nSPS) is 12.8. The summed E-state index contributed by atoms with van der Waals surface area (Å²) >= 11 is 0. The Kier molecular flexibility index (Phi) is 8.52. The third-order valence-electron chi connectivity index (χ3n) is 3.37. The van der Waals surface area contributed by atoms with Gasteiger partial charge < -0.3 is 10.1 Å². The molecule has 1 aromatic rings. The van der Waals surface area contributed by atoms with E-state index in [1.54, 1.807) is 7.11 Å². The molecule has 0 aliphatic carbocycles. The van der Waals surface area contributed by atoms with E-state index in [1.165, 1.54) is 18.4 Å². The molecular formula is C17H29NO. The van der Waals surface area contributed by atoms with E-state index in [2.05, 4.69) is 49.5 Å². The molecule has 1 rings (SSSR count). The van der Waals surface area contributed by atoms with Crippen LogP contribution in [0.15, 0.2) is 30.3 Å². The monoisotopic (exact) mass is 263 g/mol. The molecule has 0 spiro atoms. The zero-order valence-electron chi connectivity index (χ0n) is 12.7. The molecule has 0 radical (unpaired) electrons. The Morgan fingerprint density at radius 1 is 1.05 bits per heavy atom. The molecular weight excluding hydrogens is 234 g/mol. The van der Waals surface area contributed by atoms with Crippen molar-refractivity contribution in [2.75, 3.05) is 26.8 Å². The smallest absolute Gasteiger partial charge is 0.0462 e. The van der Waals surface area contributed by atoms with Gasteiger partial charge in [-0.15, -0.1) is 0 Å². The fourth-order valence-electron chi connectivity index (χ4n) is 2.30. The topological polar surface area (TPSA) is 21.3 Å². The number of benzene rings is 1. The summed E-state index contributed by atoms with van der Waals surface area (Å²) in [6.07, 6.45) is 3.62. The van der Waals surface area contributed by atoms with Gasteiger partial charge in [-0.25, -0.2) is 0 Å². The minimum Gasteiger partial charge on any atom is -0.385 e. The minimum atomic E-state index is 0.622. The van der Waals surface area contributed by atoms with E-state index in [0.29, 0.717) is 11.8 Å². The molecule has 1 unspecified atom stereocenters. The van der Waals surface area contributed by atoms with Crippen molar-refractivity contribution in [2.24, 2.45) is 5.92 Å². The molecule has 0 saturated carbocycles. The maximum atomic E-state index is 5.13. The Labute approximate surface area is 118 Å². The second-order valence-corrected chi connectivity index (χ2v) is 5.65. The third-order valence-corrected chi connectivity index (χ3v) is 3.37. The van der Waals surface area contributed by atoms with Gasteiger partial charge in [-0.05, 0) is 36.8 Å². The molecule has 2 nitrogen and oxygen atoms in total. The van der Waals surface area contributed by atoms with Crippen LogP contribution in [0.1, 0.15) is 44.6 Å². The fourth-order valence-corrected chi connectivity index (χ4v) is 2.30. The van der Waals surface area contributed by atoms with Crippen molar-refractivity contribution >= 4 is 0 Å². The number of methoxy groups -OCH3 is 1. The number of hydrogen-bond donors (Lipinski definition) is 1. The number of rotatable bonds is 10. The van der Waals surface area contributed by atoms with Gasteiger partial charge in [0, 0.05) is 20.3 Å². The second-order valence-electron chi connectivity index (χ2n) is 5.65. The standard InChI is InChI=1S/C17H29NO/c1-15(2)13-18-14-17(11-7-8-12-19-3)16-9-5-4-6-10-16/h4-6,9-10,15,17-18H,7-8,11-14H2,1-3H3. The van der Waals surface area contributed by atoms with E-state index in [-0.39, 0.29) is 0 Å². The Balaban J connectivity index is 2.43. The number of hydrogen-bond acceptors (Lipinski definition) is 2. The molecule has 0 aliphatic heterocycles. The van der Waals surface area contributed by atoms with E-state index < -0.39 is 0 Å². The van der Waals surface area contributed by atoms with Crippen molar-refractivity contribution in [1.29, 1.82) is 0 Å². The Morgan fingerprint density at radius 3 is 2.42 bits per heavy atom. The summed E-state index contributed by atoms with van der Waals surface area (Å²) in [5, 5.41) is 3.59. The van der Waals surface area contributed by atoms with Gasteiger partial charge in [0.2, 0.25) is 0 Å². The van der Waals surface area contributed by atoms with Gasteiger partial charge in [-0.2, -0.15) is 0 Å². The van der Waals surface area contributed by atoms with Crippen LogP contribution in [0.4, 0.5) is 0 Å². The summed E-state index contributed by atoms with van der Waals surface area (Å²) in [6, 6.07) is 10.9. The highest BCUT2D eigenvalue weighted by molar-refractivity contribution is 5.19. The zero-order valence-corrected chi connectivity index (χ0v) is 12.7. The molecule has 0 heterocycles. The highest BCUT2D eigenvalue weighted by Crippen LogP contribution is 2.21. The highest BCUT2D eigenvalue weighted by atomic mass is 16.5. The minimum absolute atomic E-state index is 0.622. The summed E-state index contributed by atoms with van der Waals surface area (Å²) in [6.45, 7) is 7.56. The Bertz CT molecular complexity index is 310. The van der Waals surface area contributed by atoms with Crippen LogP contribution in [0.2, 0.25) is 0 Å². The first-order valence-electron chi connectivity index (χ1n) is 7.48. The maximum absolute atomic E-state index is 5.13. The van der Waals surface area contributed by atoms with E-state index in [1.807, 2.05) is 0 Å². The molecule has 0 aliphatic rings. The van der Waals surface area contributed by atoms with Gasteiger partial charge in [0.25, 0.3) is 0 Å². The lowest BCUT2D eigenvalue weighted by molar-refractivity contribution is 0.191. The van der Waals surface area contributed by atoms with E-state index in [9.17, 15) is 0 Å². The van der Waals surface area contributed by atoms with Gasteiger partial charge in [0.15, 0.2) is 0 Å². The molecule has 2 heteroatoms. The van der Waals surface area contributed by atoms with Gasteiger partial charge in [-0.1, -0.05) is 50.6 Å². The predicted octanol–water partition coefficient (Wildman–Crippen LogP) is 3.83. The van der Waals surface area contributed by atoms with E-state index in [4.69, 9.17) is 4.74 Å².